The first-order valence-corrected chi connectivity index (χ1v) is 12.3. The number of aromatic nitrogens is 3. The fourth-order valence-corrected chi connectivity index (χ4v) is 5.28. The third-order valence-corrected chi connectivity index (χ3v) is 7.10. The van der Waals surface area contributed by atoms with E-state index in [4.69, 9.17) is 32.9 Å². The second kappa shape index (κ2) is 9.73. The summed E-state index contributed by atoms with van der Waals surface area (Å²) < 4.78 is 1.80. The summed E-state index contributed by atoms with van der Waals surface area (Å²) in [6.07, 6.45) is 5.69. The molecule has 1 amide bonds. The van der Waals surface area contributed by atoms with Gasteiger partial charge in [-0.2, -0.15) is 5.10 Å². The minimum Gasteiger partial charge on any atom is -0.355 e. The lowest BCUT2D eigenvalue weighted by Gasteiger charge is -2.35. The number of carbonyl (C=O) groups is 1. The van der Waals surface area contributed by atoms with Crippen LogP contribution in [0.3, 0.4) is 0 Å². The van der Waals surface area contributed by atoms with Gasteiger partial charge in [0.15, 0.2) is 5.65 Å². The van der Waals surface area contributed by atoms with Crippen molar-refractivity contribution in [1.82, 2.24) is 19.5 Å². The average Bonchev–Trinajstić information content (AvgIpc) is 3.47. The molecule has 2 aliphatic rings. The highest BCUT2D eigenvalue weighted by atomic mass is 35.5. The number of rotatable bonds is 5. The number of hydrogen-bond acceptors (Lipinski definition) is 6. The summed E-state index contributed by atoms with van der Waals surface area (Å²) in [4.78, 5) is 25.5. The number of aryl methyl sites for hydroxylation is 1. The topological polar surface area (TPSA) is 129 Å². The van der Waals surface area contributed by atoms with Gasteiger partial charge in [-0.25, -0.2) is 9.50 Å². The first kappa shape index (κ1) is 23.4. The van der Waals surface area contributed by atoms with Crippen molar-refractivity contribution in [3.05, 3.63) is 68.3 Å². The van der Waals surface area contributed by atoms with Crippen LogP contribution < -0.4 is 10.6 Å². The Labute approximate surface area is 208 Å². The minimum absolute atomic E-state index is 0.0910. The molecular formula is C24H28ClN9O. The highest BCUT2D eigenvalue weighted by Crippen LogP contribution is 2.33. The first-order valence-electron chi connectivity index (χ1n) is 11.9. The Bertz CT molecular complexity index is 1320. The van der Waals surface area contributed by atoms with Crippen molar-refractivity contribution in [2.24, 2.45) is 10.8 Å². The molecule has 0 bridgehead atoms. The van der Waals surface area contributed by atoms with E-state index in [1.807, 2.05) is 24.1 Å². The number of carbonyl (C=O) groups excluding carboxylic acids is 1. The van der Waals surface area contributed by atoms with Crippen LogP contribution in [0.1, 0.15) is 58.9 Å². The molecule has 1 aromatic carbocycles. The number of amides is 1. The van der Waals surface area contributed by atoms with Gasteiger partial charge in [-0.05, 0) is 55.8 Å². The monoisotopic (exact) mass is 493 g/mol. The van der Waals surface area contributed by atoms with E-state index in [-0.39, 0.29) is 24.5 Å². The Balaban J connectivity index is 1.48. The molecular weight excluding hydrogens is 466 g/mol. The van der Waals surface area contributed by atoms with Crippen molar-refractivity contribution in [1.29, 1.82) is 0 Å². The Hall–Kier alpha value is -3.33. The number of fused-ring (bicyclic) bond motifs is 1. The van der Waals surface area contributed by atoms with Gasteiger partial charge in [-0.1, -0.05) is 22.8 Å². The molecule has 0 saturated carbocycles. The molecule has 2 fully saturated rings. The van der Waals surface area contributed by atoms with Gasteiger partial charge in [-0.15, -0.1) is 0 Å². The van der Waals surface area contributed by atoms with Crippen molar-refractivity contribution < 1.29 is 4.79 Å². The second-order valence-corrected chi connectivity index (χ2v) is 9.75. The molecule has 2 saturated heterocycles. The normalized spacial score (nSPS) is 20.3. The van der Waals surface area contributed by atoms with Gasteiger partial charge in [0.1, 0.15) is 5.82 Å². The maximum Gasteiger partial charge on any atom is 0.254 e. The van der Waals surface area contributed by atoms with Gasteiger partial charge >= 0.3 is 0 Å². The molecule has 11 heteroatoms. The predicted octanol–water partition coefficient (Wildman–Crippen LogP) is 4.41. The van der Waals surface area contributed by atoms with E-state index in [0.29, 0.717) is 22.7 Å². The zero-order valence-electron chi connectivity index (χ0n) is 19.6. The first-order chi connectivity index (χ1) is 16.9. The molecule has 4 heterocycles. The number of nitrogens with zero attached hydrogens (tertiary/aromatic N) is 8. The Morgan fingerprint density at radius 2 is 2.14 bits per heavy atom. The van der Waals surface area contributed by atoms with Crippen LogP contribution in [0.4, 0.5) is 5.82 Å². The van der Waals surface area contributed by atoms with Crippen LogP contribution in [-0.4, -0.2) is 51.1 Å². The number of halogens is 1. The number of nitrogens with two attached hydrogens (primary N) is 1. The summed E-state index contributed by atoms with van der Waals surface area (Å²) in [6.45, 7) is 4.44. The minimum atomic E-state index is -0.173. The lowest BCUT2D eigenvalue weighted by molar-refractivity contribution is 0.0604. The molecule has 0 radical (unpaired) electrons. The Morgan fingerprint density at radius 3 is 2.91 bits per heavy atom. The van der Waals surface area contributed by atoms with Gasteiger partial charge in [0.05, 0.1) is 18.3 Å². The molecule has 0 spiro atoms. The molecule has 10 nitrogen and oxygen atoms in total. The van der Waals surface area contributed by atoms with E-state index in [9.17, 15) is 4.79 Å². The fraction of sp³-hybridized carbons (Fsp3) is 0.458. The summed E-state index contributed by atoms with van der Waals surface area (Å²) in [6, 6.07) is 7.08. The molecule has 35 heavy (non-hydrogen) atoms. The van der Waals surface area contributed by atoms with Crippen LogP contribution in [0.15, 0.2) is 35.6 Å². The Morgan fingerprint density at radius 1 is 1.29 bits per heavy atom. The highest BCUT2D eigenvalue weighted by Gasteiger charge is 2.32. The molecule has 182 valence electrons. The van der Waals surface area contributed by atoms with E-state index in [0.717, 1.165) is 61.5 Å². The largest absolute Gasteiger partial charge is 0.355 e. The van der Waals surface area contributed by atoms with Crippen molar-refractivity contribution in [3.8, 4) is 0 Å². The van der Waals surface area contributed by atoms with Crippen molar-refractivity contribution in [2.75, 3.05) is 24.5 Å². The van der Waals surface area contributed by atoms with Crippen LogP contribution in [0.25, 0.3) is 16.1 Å². The molecule has 0 unspecified atom stereocenters. The summed E-state index contributed by atoms with van der Waals surface area (Å²) in [5.41, 5.74) is 18.6. The quantitative estimate of drug-likeness (QED) is 0.320. The molecule has 2 aromatic heterocycles. The summed E-state index contributed by atoms with van der Waals surface area (Å²) >= 11 is 6.22. The zero-order chi connectivity index (χ0) is 24.5. The lowest BCUT2D eigenvalue weighted by Crippen LogP contribution is -2.39. The van der Waals surface area contributed by atoms with Crippen LogP contribution in [0, 0.1) is 6.92 Å². The van der Waals surface area contributed by atoms with Crippen LogP contribution in [0.5, 0.6) is 0 Å². The number of benzene rings is 1. The maximum atomic E-state index is 13.7. The maximum absolute atomic E-state index is 13.7. The van der Waals surface area contributed by atoms with Crippen molar-refractivity contribution >= 4 is 29.0 Å². The van der Waals surface area contributed by atoms with Gasteiger partial charge in [0.2, 0.25) is 0 Å². The zero-order valence-corrected chi connectivity index (χ0v) is 20.4. The summed E-state index contributed by atoms with van der Waals surface area (Å²) in [5.74, 6) is 0.809. The SMILES string of the molecule is Cc1cn2nc([C@@H]3CCCCN3C(=O)c3cc(Cl)ccc3CN=[N+]=[N-])cc2nc1N1CC[C@H](N)C1. The number of anilines is 1. The van der Waals surface area contributed by atoms with Gasteiger partial charge in [-0.3, -0.25) is 4.79 Å². The number of piperidine rings is 1. The van der Waals surface area contributed by atoms with E-state index >= 15 is 0 Å². The van der Waals surface area contributed by atoms with E-state index in [1.54, 1.807) is 22.7 Å². The molecule has 3 aromatic rings. The predicted molar refractivity (Wildman–Crippen MR) is 134 cm³/mol. The third kappa shape index (κ3) is 4.65. The van der Waals surface area contributed by atoms with E-state index in [1.165, 1.54) is 0 Å². The van der Waals surface area contributed by atoms with Gasteiger partial charge < -0.3 is 15.5 Å². The van der Waals surface area contributed by atoms with Crippen molar-refractivity contribution in [3.63, 3.8) is 0 Å². The molecule has 2 atom stereocenters. The number of hydrogen-bond donors (Lipinski definition) is 1. The number of azide groups is 1. The molecule has 2 aliphatic heterocycles. The van der Waals surface area contributed by atoms with Gasteiger partial charge in [0, 0.05) is 59.0 Å². The van der Waals surface area contributed by atoms with Crippen LogP contribution in [0.2, 0.25) is 5.02 Å². The summed E-state index contributed by atoms with van der Waals surface area (Å²) in [5, 5.41) is 8.94. The van der Waals surface area contributed by atoms with Crippen molar-refractivity contribution in [2.45, 2.75) is 51.2 Å². The van der Waals surface area contributed by atoms with Crippen LogP contribution >= 0.6 is 11.6 Å². The number of likely N-dealkylation sites (tertiary alicyclic amines) is 1. The van der Waals surface area contributed by atoms with E-state index < -0.39 is 0 Å². The average molecular weight is 494 g/mol. The molecule has 0 aliphatic carbocycles. The summed E-state index contributed by atoms with van der Waals surface area (Å²) in [7, 11) is 0. The standard InChI is InChI=1S/C24H28ClN9O/c1-15-13-34-22(29-23(15)32-9-7-18(26)14-32)11-20(30-34)21-4-2-3-8-33(21)24(35)19-10-17(25)6-5-16(19)12-28-31-27/h5-6,10-11,13,18,21H,2-4,7-9,12,14,26H2,1H3/t18-,21-/m0/s1. The molecule has 2 N–H and O–H groups in total. The fourth-order valence-electron chi connectivity index (χ4n) is 5.11. The highest BCUT2D eigenvalue weighted by molar-refractivity contribution is 6.31. The Kier molecular flexibility index (Phi) is 6.51. The second-order valence-electron chi connectivity index (χ2n) is 9.31. The smallest absolute Gasteiger partial charge is 0.254 e. The third-order valence-electron chi connectivity index (χ3n) is 6.86. The van der Waals surface area contributed by atoms with E-state index in [2.05, 4.69) is 14.9 Å². The van der Waals surface area contributed by atoms with Gasteiger partial charge in [0.25, 0.3) is 5.91 Å². The van der Waals surface area contributed by atoms with Crippen LogP contribution in [-0.2, 0) is 6.54 Å². The molecule has 5 rings (SSSR count). The lowest BCUT2D eigenvalue weighted by atomic mass is 9.97.